The second kappa shape index (κ2) is 5.90. The summed E-state index contributed by atoms with van der Waals surface area (Å²) in [6, 6.07) is 34.6. The average Bonchev–Trinajstić information content (AvgIpc) is 2.78. The molecular formula is C27H17N. The SMILES string of the molecule is c1ccc(-c2cc3ccnc4cc(-c5ccccc5)c5cccc2c5c34)cc1. The molecule has 0 saturated heterocycles. The van der Waals surface area contributed by atoms with E-state index in [0.717, 1.165) is 5.52 Å². The van der Waals surface area contributed by atoms with Gasteiger partial charge in [-0.05, 0) is 56.6 Å². The molecule has 0 aliphatic rings. The maximum absolute atomic E-state index is 4.72. The first-order chi connectivity index (χ1) is 13.9. The third-order valence-electron chi connectivity index (χ3n) is 5.66. The lowest BCUT2D eigenvalue weighted by molar-refractivity contribution is 1.43. The zero-order valence-corrected chi connectivity index (χ0v) is 15.3. The fourth-order valence-corrected chi connectivity index (χ4v) is 4.43. The minimum atomic E-state index is 1.06. The number of pyridine rings is 1. The van der Waals surface area contributed by atoms with Gasteiger partial charge in [0.15, 0.2) is 0 Å². The van der Waals surface area contributed by atoms with Gasteiger partial charge in [-0.2, -0.15) is 0 Å². The Labute approximate surface area is 163 Å². The highest BCUT2D eigenvalue weighted by atomic mass is 14.6. The van der Waals surface area contributed by atoms with Crippen molar-refractivity contribution in [2.24, 2.45) is 0 Å². The number of benzene rings is 5. The Morgan fingerprint density at radius 1 is 0.500 bits per heavy atom. The Bertz CT molecular complexity index is 1330. The van der Waals surface area contributed by atoms with Gasteiger partial charge in [-0.1, -0.05) is 78.9 Å². The van der Waals surface area contributed by atoms with Crippen molar-refractivity contribution in [1.82, 2.24) is 4.98 Å². The molecule has 6 rings (SSSR count). The zero-order chi connectivity index (χ0) is 18.5. The summed E-state index contributed by atoms with van der Waals surface area (Å²) in [6.07, 6.45) is 1.92. The van der Waals surface area contributed by atoms with E-state index in [-0.39, 0.29) is 0 Å². The number of nitrogens with zero attached hydrogens (tertiary/aromatic N) is 1. The van der Waals surface area contributed by atoms with Crippen LogP contribution in [0.5, 0.6) is 0 Å². The Morgan fingerprint density at radius 3 is 1.75 bits per heavy atom. The van der Waals surface area contributed by atoms with E-state index in [1.807, 2.05) is 6.20 Å². The molecule has 0 aliphatic carbocycles. The Hall–Kier alpha value is -3.71. The van der Waals surface area contributed by atoms with Crippen molar-refractivity contribution in [2.45, 2.75) is 0 Å². The Morgan fingerprint density at radius 2 is 1.11 bits per heavy atom. The largest absolute Gasteiger partial charge is 0.256 e. The van der Waals surface area contributed by atoms with Crippen LogP contribution in [0.3, 0.4) is 0 Å². The highest BCUT2D eigenvalue weighted by molar-refractivity contribution is 6.28. The minimum absolute atomic E-state index is 1.06. The molecule has 0 N–H and O–H groups in total. The highest BCUT2D eigenvalue weighted by Crippen LogP contribution is 2.43. The lowest BCUT2D eigenvalue weighted by Crippen LogP contribution is -1.91. The molecule has 130 valence electrons. The predicted molar refractivity (Wildman–Crippen MR) is 119 cm³/mol. The molecule has 1 nitrogen and oxygen atoms in total. The van der Waals surface area contributed by atoms with E-state index in [1.54, 1.807) is 0 Å². The summed E-state index contributed by atoms with van der Waals surface area (Å²) in [5.41, 5.74) is 6.04. The Balaban J connectivity index is 1.84. The molecule has 5 aromatic carbocycles. The van der Waals surface area contributed by atoms with Crippen molar-refractivity contribution in [3.63, 3.8) is 0 Å². The van der Waals surface area contributed by atoms with E-state index < -0.39 is 0 Å². The lowest BCUT2D eigenvalue weighted by Gasteiger charge is -2.17. The quantitative estimate of drug-likeness (QED) is 0.297. The van der Waals surface area contributed by atoms with Gasteiger partial charge in [0.2, 0.25) is 0 Å². The van der Waals surface area contributed by atoms with E-state index in [4.69, 9.17) is 4.98 Å². The summed E-state index contributed by atoms with van der Waals surface area (Å²) >= 11 is 0. The van der Waals surface area contributed by atoms with Crippen molar-refractivity contribution in [3.05, 3.63) is 103 Å². The molecule has 0 unspecified atom stereocenters. The molecule has 0 radical (unpaired) electrons. The van der Waals surface area contributed by atoms with Crippen LogP contribution in [-0.2, 0) is 0 Å². The summed E-state index contributed by atoms with van der Waals surface area (Å²) < 4.78 is 0. The fraction of sp³-hybridized carbons (Fsp3) is 0. The average molecular weight is 355 g/mol. The van der Waals surface area contributed by atoms with Gasteiger partial charge in [-0.15, -0.1) is 0 Å². The maximum Gasteiger partial charge on any atom is 0.0720 e. The van der Waals surface area contributed by atoms with Crippen LogP contribution >= 0.6 is 0 Å². The second-order valence-corrected chi connectivity index (χ2v) is 7.24. The van der Waals surface area contributed by atoms with Gasteiger partial charge < -0.3 is 0 Å². The lowest BCUT2D eigenvalue weighted by atomic mass is 9.87. The highest BCUT2D eigenvalue weighted by Gasteiger charge is 2.16. The molecule has 0 atom stereocenters. The van der Waals surface area contributed by atoms with Crippen LogP contribution in [0.1, 0.15) is 0 Å². The summed E-state index contributed by atoms with van der Waals surface area (Å²) in [5, 5.41) is 6.38. The molecular weight excluding hydrogens is 338 g/mol. The summed E-state index contributed by atoms with van der Waals surface area (Å²) in [5.74, 6) is 0. The smallest absolute Gasteiger partial charge is 0.0720 e. The monoisotopic (exact) mass is 355 g/mol. The van der Waals surface area contributed by atoms with E-state index in [2.05, 4.69) is 97.1 Å². The van der Waals surface area contributed by atoms with Gasteiger partial charge >= 0.3 is 0 Å². The van der Waals surface area contributed by atoms with Gasteiger partial charge in [0.1, 0.15) is 0 Å². The molecule has 0 amide bonds. The standard InChI is InChI=1S/C27H17N/c1-3-8-18(9-4-1)23-16-20-14-15-28-25-17-24(19-10-5-2-6-11-19)22-13-7-12-21(23)27(22)26(20)25/h1-17H. The van der Waals surface area contributed by atoms with Crippen LogP contribution in [0.15, 0.2) is 103 Å². The number of rotatable bonds is 2. The first-order valence-corrected chi connectivity index (χ1v) is 9.57. The van der Waals surface area contributed by atoms with Crippen LogP contribution in [0.25, 0.3) is 54.7 Å². The summed E-state index contributed by atoms with van der Waals surface area (Å²) in [7, 11) is 0. The third kappa shape index (κ3) is 2.17. The van der Waals surface area contributed by atoms with E-state index in [1.165, 1.54) is 49.2 Å². The van der Waals surface area contributed by atoms with Crippen molar-refractivity contribution in [3.8, 4) is 22.3 Å². The first kappa shape index (κ1) is 15.4. The van der Waals surface area contributed by atoms with Crippen LogP contribution in [0.2, 0.25) is 0 Å². The van der Waals surface area contributed by atoms with Crippen LogP contribution < -0.4 is 0 Å². The first-order valence-electron chi connectivity index (χ1n) is 9.57. The normalized spacial score (nSPS) is 11.6. The van der Waals surface area contributed by atoms with Gasteiger partial charge in [0.25, 0.3) is 0 Å². The van der Waals surface area contributed by atoms with Crippen LogP contribution in [0.4, 0.5) is 0 Å². The molecule has 28 heavy (non-hydrogen) atoms. The molecule has 1 heterocycles. The van der Waals surface area contributed by atoms with Gasteiger partial charge in [0.05, 0.1) is 5.52 Å². The van der Waals surface area contributed by atoms with Crippen molar-refractivity contribution >= 4 is 32.4 Å². The van der Waals surface area contributed by atoms with Crippen molar-refractivity contribution in [2.75, 3.05) is 0 Å². The number of hydrogen-bond donors (Lipinski definition) is 0. The van der Waals surface area contributed by atoms with Crippen LogP contribution in [-0.4, -0.2) is 4.98 Å². The summed E-state index contributed by atoms with van der Waals surface area (Å²) in [4.78, 5) is 4.72. The molecule has 6 aromatic rings. The molecule has 0 bridgehead atoms. The van der Waals surface area contributed by atoms with Crippen molar-refractivity contribution < 1.29 is 0 Å². The zero-order valence-electron chi connectivity index (χ0n) is 15.3. The third-order valence-corrected chi connectivity index (χ3v) is 5.66. The molecule has 1 heteroatoms. The van der Waals surface area contributed by atoms with E-state index in [9.17, 15) is 0 Å². The topological polar surface area (TPSA) is 12.9 Å². The minimum Gasteiger partial charge on any atom is -0.256 e. The number of hydrogen-bond acceptors (Lipinski definition) is 1. The molecule has 0 saturated carbocycles. The van der Waals surface area contributed by atoms with Crippen molar-refractivity contribution in [1.29, 1.82) is 0 Å². The molecule has 0 aliphatic heterocycles. The Kier molecular flexibility index (Phi) is 3.24. The predicted octanol–water partition coefficient (Wildman–Crippen LogP) is 7.31. The maximum atomic E-state index is 4.72. The number of aromatic nitrogens is 1. The fourth-order valence-electron chi connectivity index (χ4n) is 4.43. The molecule has 0 spiro atoms. The van der Waals surface area contributed by atoms with Gasteiger partial charge in [0, 0.05) is 17.0 Å². The van der Waals surface area contributed by atoms with Gasteiger partial charge in [-0.25, -0.2) is 0 Å². The second-order valence-electron chi connectivity index (χ2n) is 7.24. The van der Waals surface area contributed by atoms with E-state index >= 15 is 0 Å². The van der Waals surface area contributed by atoms with E-state index in [0.29, 0.717) is 0 Å². The molecule has 1 aromatic heterocycles. The van der Waals surface area contributed by atoms with Gasteiger partial charge in [-0.3, -0.25) is 4.98 Å². The summed E-state index contributed by atoms with van der Waals surface area (Å²) in [6.45, 7) is 0. The van der Waals surface area contributed by atoms with Crippen LogP contribution in [0, 0.1) is 0 Å². The molecule has 0 fully saturated rings.